The van der Waals surface area contributed by atoms with Crippen LogP contribution in [-0.2, 0) is 11.2 Å². The second-order valence-corrected chi connectivity index (χ2v) is 3.55. The summed E-state index contributed by atoms with van der Waals surface area (Å²) in [5.74, 6) is -0.239. The average molecular weight is 175 g/mol. The van der Waals surface area contributed by atoms with Crippen LogP contribution in [0.1, 0.15) is 29.9 Å². The Morgan fingerprint density at radius 3 is 2.92 bits per heavy atom. The monoisotopic (exact) mass is 175 g/mol. The summed E-state index contributed by atoms with van der Waals surface area (Å²) in [7, 11) is 0. The highest BCUT2D eigenvalue weighted by Gasteiger charge is 2.23. The van der Waals surface area contributed by atoms with Gasteiger partial charge in [-0.3, -0.25) is 4.79 Å². The van der Waals surface area contributed by atoms with E-state index in [0.29, 0.717) is 0 Å². The third kappa shape index (κ3) is 1.44. The van der Waals surface area contributed by atoms with Gasteiger partial charge in [-0.1, -0.05) is 24.3 Å². The molecule has 0 fully saturated rings. The molecule has 0 aliphatic heterocycles. The summed E-state index contributed by atoms with van der Waals surface area (Å²) < 4.78 is 0. The number of fused-ring (bicyclic) bond motifs is 1. The van der Waals surface area contributed by atoms with E-state index in [1.54, 1.807) is 0 Å². The molecular formula is C11H13NO. The first-order valence-electron chi connectivity index (χ1n) is 4.66. The Balaban J connectivity index is 2.42. The highest BCUT2D eigenvalue weighted by molar-refractivity contribution is 5.82. The van der Waals surface area contributed by atoms with Gasteiger partial charge in [0, 0.05) is 0 Å². The van der Waals surface area contributed by atoms with Crippen LogP contribution in [0.25, 0.3) is 0 Å². The van der Waals surface area contributed by atoms with Crippen molar-refractivity contribution < 1.29 is 4.79 Å². The molecule has 1 atom stereocenters. The van der Waals surface area contributed by atoms with Crippen LogP contribution in [0.3, 0.4) is 0 Å². The van der Waals surface area contributed by atoms with E-state index >= 15 is 0 Å². The average Bonchev–Trinajstić information content (AvgIpc) is 2.17. The first kappa shape index (κ1) is 8.30. The van der Waals surface area contributed by atoms with E-state index in [1.165, 1.54) is 5.56 Å². The third-order valence-electron chi connectivity index (χ3n) is 2.71. The highest BCUT2D eigenvalue weighted by atomic mass is 16.1. The lowest BCUT2D eigenvalue weighted by Gasteiger charge is -2.22. The number of rotatable bonds is 1. The molecular weight excluding hydrogens is 162 g/mol. The summed E-state index contributed by atoms with van der Waals surface area (Å²) in [6.07, 6.45) is 3.07. The Morgan fingerprint density at radius 2 is 2.15 bits per heavy atom. The molecule has 13 heavy (non-hydrogen) atoms. The minimum Gasteiger partial charge on any atom is -0.369 e. The van der Waals surface area contributed by atoms with Crippen molar-refractivity contribution in [3.63, 3.8) is 0 Å². The molecule has 2 N–H and O–H groups in total. The molecule has 0 spiro atoms. The molecule has 1 aromatic carbocycles. The fourth-order valence-electron chi connectivity index (χ4n) is 2.05. The highest BCUT2D eigenvalue weighted by Crippen LogP contribution is 2.30. The number of aryl methyl sites for hydroxylation is 1. The van der Waals surface area contributed by atoms with Crippen molar-refractivity contribution >= 4 is 5.91 Å². The molecule has 2 rings (SSSR count). The Hall–Kier alpha value is -1.31. The van der Waals surface area contributed by atoms with E-state index in [0.717, 1.165) is 24.8 Å². The SMILES string of the molecule is NC(=O)[C@H]1CCCc2ccccc21. The Bertz CT molecular complexity index is 333. The maximum Gasteiger partial charge on any atom is 0.224 e. The molecule has 1 aliphatic rings. The van der Waals surface area contributed by atoms with Gasteiger partial charge in [-0.25, -0.2) is 0 Å². The summed E-state index contributed by atoms with van der Waals surface area (Å²) in [6.45, 7) is 0. The molecule has 2 nitrogen and oxygen atoms in total. The fourth-order valence-corrected chi connectivity index (χ4v) is 2.05. The van der Waals surface area contributed by atoms with Crippen LogP contribution >= 0.6 is 0 Å². The van der Waals surface area contributed by atoms with Crippen molar-refractivity contribution in [3.05, 3.63) is 35.4 Å². The maximum absolute atomic E-state index is 11.1. The molecule has 0 unspecified atom stereocenters. The molecule has 1 aromatic rings. The summed E-state index contributed by atoms with van der Waals surface area (Å²) in [5.41, 5.74) is 7.77. The van der Waals surface area contributed by atoms with Crippen molar-refractivity contribution in [2.75, 3.05) is 0 Å². The quantitative estimate of drug-likeness (QED) is 0.692. The van der Waals surface area contributed by atoms with Gasteiger partial charge in [-0.2, -0.15) is 0 Å². The van der Waals surface area contributed by atoms with Gasteiger partial charge in [0.15, 0.2) is 0 Å². The van der Waals surface area contributed by atoms with Crippen molar-refractivity contribution in [1.29, 1.82) is 0 Å². The van der Waals surface area contributed by atoms with E-state index in [-0.39, 0.29) is 11.8 Å². The first-order valence-corrected chi connectivity index (χ1v) is 4.66. The lowest BCUT2D eigenvalue weighted by molar-refractivity contribution is -0.119. The fraction of sp³-hybridized carbons (Fsp3) is 0.364. The molecule has 1 aliphatic carbocycles. The van der Waals surface area contributed by atoms with Crippen LogP contribution in [0.15, 0.2) is 24.3 Å². The van der Waals surface area contributed by atoms with E-state index in [2.05, 4.69) is 6.07 Å². The smallest absolute Gasteiger partial charge is 0.224 e. The molecule has 68 valence electrons. The molecule has 0 radical (unpaired) electrons. The van der Waals surface area contributed by atoms with E-state index in [9.17, 15) is 4.79 Å². The van der Waals surface area contributed by atoms with Crippen molar-refractivity contribution in [2.45, 2.75) is 25.2 Å². The predicted octanol–water partition coefficient (Wildman–Crippen LogP) is 1.59. The number of carbonyl (C=O) groups is 1. The standard InChI is InChI=1S/C11H13NO/c12-11(13)10-7-3-5-8-4-1-2-6-9(8)10/h1-2,4,6,10H,3,5,7H2,(H2,12,13)/t10-/m0/s1. The van der Waals surface area contributed by atoms with Crippen LogP contribution in [0.4, 0.5) is 0 Å². The summed E-state index contributed by atoms with van der Waals surface area (Å²) in [4.78, 5) is 11.1. The van der Waals surface area contributed by atoms with Crippen LogP contribution in [0.5, 0.6) is 0 Å². The minimum absolute atomic E-state index is 0.0510. The number of hydrogen-bond donors (Lipinski definition) is 1. The molecule has 0 saturated carbocycles. The maximum atomic E-state index is 11.1. The van der Waals surface area contributed by atoms with Crippen LogP contribution in [-0.4, -0.2) is 5.91 Å². The van der Waals surface area contributed by atoms with Gasteiger partial charge in [0.25, 0.3) is 0 Å². The zero-order valence-electron chi connectivity index (χ0n) is 7.49. The third-order valence-corrected chi connectivity index (χ3v) is 2.71. The molecule has 0 heterocycles. The number of benzene rings is 1. The lowest BCUT2D eigenvalue weighted by Crippen LogP contribution is -2.24. The van der Waals surface area contributed by atoms with E-state index in [1.807, 2.05) is 18.2 Å². The topological polar surface area (TPSA) is 43.1 Å². The normalized spacial score (nSPS) is 20.8. The first-order chi connectivity index (χ1) is 6.29. The molecule has 0 saturated heterocycles. The van der Waals surface area contributed by atoms with Crippen molar-refractivity contribution in [3.8, 4) is 0 Å². The zero-order valence-corrected chi connectivity index (χ0v) is 7.49. The minimum atomic E-state index is -0.188. The van der Waals surface area contributed by atoms with E-state index < -0.39 is 0 Å². The number of hydrogen-bond acceptors (Lipinski definition) is 1. The van der Waals surface area contributed by atoms with Crippen molar-refractivity contribution in [1.82, 2.24) is 0 Å². The summed E-state index contributed by atoms with van der Waals surface area (Å²) in [5, 5.41) is 0. The molecule has 2 heteroatoms. The van der Waals surface area contributed by atoms with Gasteiger partial charge in [-0.05, 0) is 30.4 Å². The largest absolute Gasteiger partial charge is 0.369 e. The number of nitrogens with two attached hydrogens (primary N) is 1. The predicted molar refractivity (Wildman–Crippen MR) is 51.3 cm³/mol. The Kier molecular flexibility index (Phi) is 2.05. The second-order valence-electron chi connectivity index (χ2n) is 3.55. The van der Waals surface area contributed by atoms with Gasteiger partial charge in [0.1, 0.15) is 0 Å². The zero-order chi connectivity index (χ0) is 9.26. The van der Waals surface area contributed by atoms with Gasteiger partial charge >= 0.3 is 0 Å². The van der Waals surface area contributed by atoms with Gasteiger partial charge in [0.2, 0.25) is 5.91 Å². The van der Waals surface area contributed by atoms with E-state index in [4.69, 9.17) is 5.73 Å². The number of primary amides is 1. The molecule has 0 bridgehead atoms. The summed E-state index contributed by atoms with van der Waals surface area (Å²) >= 11 is 0. The Labute approximate surface area is 77.8 Å². The Morgan fingerprint density at radius 1 is 1.38 bits per heavy atom. The van der Waals surface area contributed by atoms with Crippen LogP contribution in [0, 0.1) is 0 Å². The molecule has 0 aromatic heterocycles. The molecule has 1 amide bonds. The lowest BCUT2D eigenvalue weighted by atomic mass is 9.82. The van der Waals surface area contributed by atoms with Crippen molar-refractivity contribution in [2.24, 2.45) is 5.73 Å². The van der Waals surface area contributed by atoms with Crippen LogP contribution < -0.4 is 5.73 Å². The van der Waals surface area contributed by atoms with Gasteiger partial charge in [0.05, 0.1) is 5.92 Å². The second kappa shape index (κ2) is 3.21. The summed E-state index contributed by atoms with van der Waals surface area (Å²) in [6, 6.07) is 8.09. The van der Waals surface area contributed by atoms with Crippen LogP contribution in [0.2, 0.25) is 0 Å². The number of amides is 1. The van der Waals surface area contributed by atoms with Gasteiger partial charge < -0.3 is 5.73 Å². The van der Waals surface area contributed by atoms with Gasteiger partial charge in [-0.15, -0.1) is 0 Å². The number of carbonyl (C=O) groups excluding carboxylic acids is 1.